The molecule has 2 aliphatic heterocycles. The van der Waals surface area contributed by atoms with Crippen molar-refractivity contribution in [3.05, 3.63) is 0 Å². The molecule has 0 radical (unpaired) electrons. The van der Waals surface area contributed by atoms with Crippen LogP contribution in [-0.2, 0) is 14.8 Å². The highest BCUT2D eigenvalue weighted by atomic mass is 35.5. The van der Waals surface area contributed by atoms with Crippen molar-refractivity contribution in [1.29, 1.82) is 0 Å². The van der Waals surface area contributed by atoms with Crippen molar-refractivity contribution in [2.45, 2.75) is 24.6 Å². The van der Waals surface area contributed by atoms with Crippen LogP contribution in [0.25, 0.3) is 0 Å². The minimum absolute atomic E-state index is 0. The van der Waals surface area contributed by atoms with Crippen molar-refractivity contribution in [3.8, 4) is 0 Å². The summed E-state index contributed by atoms with van der Waals surface area (Å²) in [7, 11) is -0.384. The maximum atomic E-state index is 12.6. The first kappa shape index (κ1) is 19.6. The van der Waals surface area contributed by atoms with E-state index < -0.39 is 15.3 Å². The minimum Gasteiger partial charge on any atom is -0.348 e. The Morgan fingerprint density at radius 2 is 1.82 bits per heavy atom. The van der Waals surface area contributed by atoms with Gasteiger partial charge in [0.25, 0.3) is 0 Å². The predicted molar refractivity (Wildman–Crippen MR) is 88.7 cm³/mol. The normalized spacial score (nSPS) is 25.5. The molecule has 1 amide bonds. The second kappa shape index (κ2) is 7.92. The Hall–Kier alpha value is -0.410. The maximum absolute atomic E-state index is 12.6. The third kappa shape index (κ3) is 4.11. The number of nitrogens with zero attached hydrogens (tertiary/aromatic N) is 3. The van der Waals surface area contributed by atoms with E-state index in [1.807, 2.05) is 0 Å². The van der Waals surface area contributed by atoms with Crippen LogP contribution < -0.4 is 5.32 Å². The molecule has 0 aliphatic carbocycles. The summed E-state index contributed by atoms with van der Waals surface area (Å²) in [5.41, 5.74) is 0. The first-order valence-electron chi connectivity index (χ1n) is 7.49. The lowest BCUT2D eigenvalue weighted by atomic mass is 10.2. The largest absolute Gasteiger partial charge is 0.348 e. The van der Waals surface area contributed by atoms with Crippen molar-refractivity contribution >= 4 is 28.3 Å². The fourth-order valence-electron chi connectivity index (χ4n) is 3.00. The number of rotatable bonds is 4. The van der Waals surface area contributed by atoms with Crippen LogP contribution in [0, 0.1) is 0 Å². The monoisotopic (exact) mass is 354 g/mol. The molecule has 2 atom stereocenters. The highest BCUT2D eigenvalue weighted by molar-refractivity contribution is 7.90. The van der Waals surface area contributed by atoms with Crippen LogP contribution in [0.15, 0.2) is 0 Å². The van der Waals surface area contributed by atoms with Gasteiger partial charge in [-0.2, -0.15) is 4.31 Å². The maximum Gasteiger partial charge on any atom is 0.241 e. The van der Waals surface area contributed by atoms with Crippen molar-refractivity contribution in [3.63, 3.8) is 0 Å². The summed E-state index contributed by atoms with van der Waals surface area (Å²) in [6.45, 7) is 6.35. The van der Waals surface area contributed by atoms with Gasteiger partial charge in [-0.25, -0.2) is 8.42 Å². The highest BCUT2D eigenvalue weighted by Crippen LogP contribution is 2.22. The molecule has 2 rings (SSSR count). The lowest BCUT2D eigenvalue weighted by Crippen LogP contribution is -2.50. The van der Waals surface area contributed by atoms with Crippen LogP contribution in [0.1, 0.15) is 13.3 Å². The fraction of sp³-hybridized carbons (Fsp3) is 0.923. The fourth-order valence-corrected chi connectivity index (χ4v) is 4.65. The van der Waals surface area contributed by atoms with Gasteiger partial charge in [0.1, 0.15) is 0 Å². The lowest BCUT2D eigenvalue weighted by Gasteiger charge is -2.32. The van der Waals surface area contributed by atoms with Crippen molar-refractivity contribution in [1.82, 2.24) is 19.4 Å². The number of hydrogen-bond donors (Lipinski definition) is 1. The van der Waals surface area contributed by atoms with Gasteiger partial charge >= 0.3 is 0 Å². The van der Waals surface area contributed by atoms with E-state index >= 15 is 0 Å². The van der Waals surface area contributed by atoms with Gasteiger partial charge in [0.05, 0.1) is 0 Å². The summed E-state index contributed by atoms with van der Waals surface area (Å²) in [5.74, 6) is -0.361. The molecule has 2 fully saturated rings. The highest BCUT2D eigenvalue weighted by Gasteiger charge is 2.40. The molecule has 1 N–H and O–H groups in total. The molecule has 2 heterocycles. The first-order valence-corrected chi connectivity index (χ1v) is 8.99. The molecular formula is C13H27ClN4O3S. The molecular weight excluding hydrogens is 328 g/mol. The Morgan fingerprint density at radius 3 is 2.36 bits per heavy atom. The van der Waals surface area contributed by atoms with Crippen LogP contribution >= 0.6 is 12.4 Å². The van der Waals surface area contributed by atoms with Gasteiger partial charge in [-0.05, 0) is 13.3 Å². The topological polar surface area (TPSA) is 73.0 Å². The van der Waals surface area contributed by atoms with E-state index in [9.17, 15) is 13.2 Å². The Morgan fingerprint density at radius 1 is 1.23 bits per heavy atom. The molecule has 0 saturated carbocycles. The van der Waals surface area contributed by atoms with Gasteiger partial charge in [0.2, 0.25) is 15.9 Å². The number of hydrogen-bond acceptors (Lipinski definition) is 5. The van der Waals surface area contributed by atoms with Crippen LogP contribution in [0.4, 0.5) is 0 Å². The van der Waals surface area contributed by atoms with E-state index in [-0.39, 0.29) is 24.4 Å². The third-order valence-corrected chi connectivity index (χ3v) is 6.54. The minimum atomic E-state index is -3.55. The number of carbonyl (C=O) groups is 1. The molecule has 7 nitrogen and oxygen atoms in total. The summed E-state index contributed by atoms with van der Waals surface area (Å²) < 4.78 is 26.6. The van der Waals surface area contributed by atoms with Crippen molar-refractivity contribution in [2.24, 2.45) is 0 Å². The summed E-state index contributed by atoms with van der Waals surface area (Å²) in [6.07, 6.45) is 0.849. The first-order chi connectivity index (χ1) is 9.84. The van der Waals surface area contributed by atoms with E-state index in [2.05, 4.69) is 10.2 Å². The zero-order valence-electron chi connectivity index (χ0n) is 13.5. The number of carbonyl (C=O) groups excluding carboxylic acids is 1. The summed E-state index contributed by atoms with van der Waals surface area (Å²) in [4.78, 5) is 15.6. The predicted octanol–water partition coefficient (Wildman–Crippen LogP) is -0.806. The van der Waals surface area contributed by atoms with E-state index in [1.54, 1.807) is 14.1 Å². The lowest BCUT2D eigenvalue weighted by molar-refractivity contribution is -0.128. The van der Waals surface area contributed by atoms with Crippen molar-refractivity contribution < 1.29 is 13.2 Å². The molecule has 0 aromatic rings. The Labute approximate surface area is 139 Å². The standard InChI is InChI=1S/C13H26N4O3S.ClH/c1-11(13(18)15(2)3)21(19,20)17-7-4-12(10-17)16-8-5-14-6-9-16;/h11-12,14H,4-10H2,1-3H3;1H. The van der Waals surface area contributed by atoms with E-state index in [0.29, 0.717) is 13.1 Å². The number of nitrogens with one attached hydrogen (secondary N) is 1. The second-order valence-electron chi connectivity index (χ2n) is 6.01. The summed E-state index contributed by atoms with van der Waals surface area (Å²) in [5, 5.41) is 2.30. The molecule has 2 unspecified atom stereocenters. The van der Waals surface area contributed by atoms with Gasteiger partial charge in [-0.3, -0.25) is 9.69 Å². The second-order valence-corrected chi connectivity index (χ2v) is 8.26. The summed E-state index contributed by atoms with van der Waals surface area (Å²) in [6, 6.07) is 0.281. The molecule has 130 valence electrons. The Kier molecular flexibility index (Phi) is 7.07. The van der Waals surface area contributed by atoms with Gasteiger partial charge in [-0.15, -0.1) is 12.4 Å². The molecule has 0 spiro atoms. The van der Waals surface area contributed by atoms with E-state index in [0.717, 1.165) is 32.6 Å². The average Bonchev–Trinajstić information content (AvgIpc) is 2.97. The van der Waals surface area contributed by atoms with Crippen molar-refractivity contribution in [2.75, 3.05) is 53.4 Å². The van der Waals surface area contributed by atoms with Crippen LogP contribution in [0.5, 0.6) is 0 Å². The molecule has 0 aromatic heterocycles. The van der Waals surface area contributed by atoms with Crippen LogP contribution in [0.3, 0.4) is 0 Å². The molecule has 22 heavy (non-hydrogen) atoms. The third-order valence-electron chi connectivity index (χ3n) is 4.39. The average molecular weight is 355 g/mol. The molecule has 0 aromatic carbocycles. The van der Waals surface area contributed by atoms with Gasteiger partial charge in [-0.1, -0.05) is 0 Å². The molecule has 9 heteroatoms. The molecule has 0 bridgehead atoms. The Bertz CT molecular complexity index is 480. The quantitative estimate of drug-likeness (QED) is 0.715. The number of sulfonamides is 1. The zero-order chi connectivity index (χ0) is 15.6. The Balaban J connectivity index is 0.00000242. The van der Waals surface area contributed by atoms with Crippen LogP contribution in [0.2, 0.25) is 0 Å². The summed E-state index contributed by atoms with van der Waals surface area (Å²) >= 11 is 0. The van der Waals surface area contributed by atoms with Gasteiger partial charge < -0.3 is 10.2 Å². The number of amides is 1. The molecule has 2 aliphatic rings. The SMILES string of the molecule is CC(C(=O)N(C)C)S(=O)(=O)N1CCC(N2CCNCC2)C1.Cl. The smallest absolute Gasteiger partial charge is 0.241 e. The van der Waals surface area contributed by atoms with E-state index in [1.165, 1.54) is 16.1 Å². The van der Waals surface area contributed by atoms with Gasteiger partial charge in [0.15, 0.2) is 5.25 Å². The number of halogens is 1. The van der Waals surface area contributed by atoms with Gasteiger partial charge in [0, 0.05) is 59.4 Å². The number of piperazine rings is 1. The van der Waals surface area contributed by atoms with E-state index in [4.69, 9.17) is 0 Å². The zero-order valence-corrected chi connectivity index (χ0v) is 15.1. The molecule has 2 saturated heterocycles. The van der Waals surface area contributed by atoms with Crippen LogP contribution in [-0.4, -0.2) is 93.1 Å².